The van der Waals surface area contributed by atoms with E-state index in [2.05, 4.69) is 0 Å². The summed E-state index contributed by atoms with van der Waals surface area (Å²) in [6, 6.07) is 6.78. The first-order valence-corrected chi connectivity index (χ1v) is 8.27. The van der Waals surface area contributed by atoms with Crippen LogP contribution < -0.4 is 0 Å². The normalized spacial score (nSPS) is 12.6. The number of hydrogen-bond acceptors (Lipinski definition) is 4. The molecule has 0 amide bonds. The lowest BCUT2D eigenvalue weighted by molar-refractivity contribution is 0.114. The molecule has 6 heteroatoms. The molecule has 0 radical (unpaired) electrons. The van der Waals surface area contributed by atoms with Crippen LogP contribution in [-0.4, -0.2) is 43.4 Å². The summed E-state index contributed by atoms with van der Waals surface area (Å²) < 4.78 is 23.2. The van der Waals surface area contributed by atoms with E-state index in [0.717, 1.165) is 0 Å². The maximum atomic E-state index is 11.6. The van der Waals surface area contributed by atoms with E-state index in [-0.39, 0.29) is 31.1 Å². The first-order valence-electron chi connectivity index (χ1n) is 6.07. The molecule has 4 nitrogen and oxygen atoms in total. The van der Waals surface area contributed by atoms with Crippen molar-refractivity contribution >= 4 is 21.4 Å². The van der Waals surface area contributed by atoms with Gasteiger partial charge in [0.05, 0.1) is 19.0 Å². The van der Waals surface area contributed by atoms with E-state index in [1.54, 1.807) is 31.2 Å². The Bertz CT molecular complexity index is 509. The molecule has 108 valence electrons. The molecule has 0 atom stereocenters. The second-order valence-corrected chi connectivity index (χ2v) is 7.50. The molecular formula is C13H19ClO4S. The highest BCUT2D eigenvalue weighted by Crippen LogP contribution is 2.29. The van der Waals surface area contributed by atoms with Crippen LogP contribution in [0.15, 0.2) is 24.3 Å². The van der Waals surface area contributed by atoms with Crippen molar-refractivity contribution in [3.8, 4) is 0 Å². The molecule has 0 saturated heterocycles. The van der Waals surface area contributed by atoms with Gasteiger partial charge in [-0.05, 0) is 24.1 Å². The van der Waals surface area contributed by atoms with Crippen molar-refractivity contribution < 1.29 is 18.6 Å². The summed E-state index contributed by atoms with van der Waals surface area (Å²) in [5.41, 5.74) is -0.330. The topological polar surface area (TPSA) is 74.6 Å². The first kappa shape index (κ1) is 16.4. The van der Waals surface area contributed by atoms with Gasteiger partial charge in [0.25, 0.3) is 0 Å². The number of aliphatic hydroxyl groups is 2. The van der Waals surface area contributed by atoms with Crippen molar-refractivity contribution in [2.24, 2.45) is 0 Å². The van der Waals surface area contributed by atoms with E-state index in [4.69, 9.17) is 11.6 Å². The summed E-state index contributed by atoms with van der Waals surface area (Å²) in [6.45, 7) is 0.917. The third-order valence-electron chi connectivity index (χ3n) is 3.37. The maximum absolute atomic E-state index is 11.6. The summed E-state index contributed by atoms with van der Waals surface area (Å²) in [4.78, 5) is 0. The van der Waals surface area contributed by atoms with Gasteiger partial charge >= 0.3 is 0 Å². The van der Waals surface area contributed by atoms with E-state index in [1.807, 2.05) is 0 Å². The zero-order valence-electron chi connectivity index (χ0n) is 10.8. The Kier molecular flexibility index (Phi) is 5.80. The van der Waals surface area contributed by atoms with E-state index in [0.29, 0.717) is 10.6 Å². The molecule has 2 N–H and O–H groups in total. The predicted octanol–water partition coefficient (Wildman–Crippen LogP) is 1.39. The van der Waals surface area contributed by atoms with E-state index in [1.165, 1.54) is 0 Å². The van der Waals surface area contributed by atoms with Crippen LogP contribution in [0.2, 0.25) is 5.02 Å². The molecule has 0 aliphatic heterocycles. The van der Waals surface area contributed by atoms with Crippen LogP contribution in [0.5, 0.6) is 0 Å². The third-order valence-corrected chi connectivity index (χ3v) is 5.31. The van der Waals surface area contributed by atoms with Crippen LogP contribution in [0.4, 0.5) is 0 Å². The highest BCUT2D eigenvalue weighted by atomic mass is 35.5. The molecule has 0 bridgehead atoms. The van der Waals surface area contributed by atoms with Gasteiger partial charge in [-0.15, -0.1) is 0 Å². The molecule has 0 unspecified atom stereocenters. The zero-order chi connectivity index (χ0) is 14.5. The van der Waals surface area contributed by atoms with Gasteiger partial charge in [-0.3, -0.25) is 0 Å². The molecule has 1 aromatic rings. The minimum Gasteiger partial charge on any atom is -0.395 e. The molecule has 0 saturated carbocycles. The summed E-state index contributed by atoms with van der Waals surface area (Å²) in [5.74, 6) is -0.0212. The number of aliphatic hydroxyl groups excluding tert-OH is 2. The monoisotopic (exact) mass is 306 g/mol. The van der Waals surface area contributed by atoms with Crippen molar-refractivity contribution in [2.75, 3.05) is 24.7 Å². The van der Waals surface area contributed by atoms with Crippen molar-refractivity contribution in [2.45, 2.75) is 18.8 Å². The van der Waals surface area contributed by atoms with Crippen LogP contribution in [-0.2, 0) is 15.3 Å². The van der Waals surface area contributed by atoms with Gasteiger partial charge in [-0.25, -0.2) is 8.42 Å². The summed E-state index contributed by atoms with van der Waals surface area (Å²) >= 11 is 5.90. The Morgan fingerprint density at radius 2 is 1.89 bits per heavy atom. The smallest absolute Gasteiger partial charge is 0.150 e. The molecule has 1 rings (SSSR count). The quantitative estimate of drug-likeness (QED) is 0.798. The van der Waals surface area contributed by atoms with Gasteiger partial charge < -0.3 is 10.2 Å². The van der Waals surface area contributed by atoms with Gasteiger partial charge in [0.1, 0.15) is 9.84 Å². The average molecular weight is 307 g/mol. The zero-order valence-corrected chi connectivity index (χ0v) is 12.4. The van der Waals surface area contributed by atoms with E-state index in [9.17, 15) is 18.6 Å². The summed E-state index contributed by atoms with van der Waals surface area (Å²) in [7, 11) is -3.15. The molecular weight excluding hydrogens is 288 g/mol. The number of halogens is 1. The van der Waals surface area contributed by atoms with Gasteiger partial charge in [-0.2, -0.15) is 0 Å². The number of benzene rings is 1. The molecule has 0 heterocycles. The second-order valence-electron chi connectivity index (χ2n) is 4.59. The number of hydrogen-bond donors (Lipinski definition) is 2. The second kappa shape index (κ2) is 6.70. The molecule has 0 aliphatic rings. The standard InChI is InChI=1S/C13H19ClO4S/c1-2-19(17,18)7-6-13(9-15,10-16)11-4-3-5-12(14)8-11/h3-5,8,15-16H,2,6-7,9-10H2,1H3. The molecule has 0 fully saturated rings. The Morgan fingerprint density at radius 1 is 1.26 bits per heavy atom. The van der Waals surface area contributed by atoms with Gasteiger partial charge in [0, 0.05) is 16.2 Å². The lowest BCUT2D eigenvalue weighted by Gasteiger charge is -2.30. The fourth-order valence-electron chi connectivity index (χ4n) is 1.85. The van der Waals surface area contributed by atoms with Crippen LogP contribution in [0.25, 0.3) is 0 Å². The lowest BCUT2D eigenvalue weighted by Crippen LogP contribution is -2.37. The fourth-order valence-corrected chi connectivity index (χ4v) is 3.03. The van der Waals surface area contributed by atoms with Crippen molar-refractivity contribution in [1.82, 2.24) is 0 Å². The van der Waals surface area contributed by atoms with Crippen LogP contribution in [0.1, 0.15) is 18.9 Å². The van der Waals surface area contributed by atoms with E-state index >= 15 is 0 Å². The van der Waals surface area contributed by atoms with Crippen LogP contribution in [0.3, 0.4) is 0 Å². The predicted molar refractivity (Wildman–Crippen MR) is 76.2 cm³/mol. The van der Waals surface area contributed by atoms with Gasteiger partial charge in [-0.1, -0.05) is 30.7 Å². The van der Waals surface area contributed by atoms with Crippen molar-refractivity contribution in [3.63, 3.8) is 0 Å². The number of rotatable bonds is 7. The molecule has 1 aromatic carbocycles. The van der Waals surface area contributed by atoms with Gasteiger partial charge in [0.2, 0.25) is 0 Å². The van der Waals surface area contributed by atoms with Crippen LogP contribution >= 0.6 is 11.6 Å². The Morgan fingerprint density at radius 3 is 2.37 bits per heavy atom. The number of sulfone groups is 1. The van der Waals surface area contributed by atoms with Crippen molar-refractivity contribution in [1.29, 1.82) is 0 Å². The van der Waals surface area contributed by atoms with Crippen LogP contribution in [0, 0.1) is 0 Å². The fraction of sp³-hybridized carbons (Fsp3) is 0.538. The molecule has 19 heavy (non-hydrogen) atoms. The molecule has 0 spiro atoms. The van der Waals surface area contributed by atoms with E-state index < -0.39 is 15.3 Å². The van der Waals surface area contributed by atoms with Crippen molar-refractivity contribution in [3.05, 3.63) is 34.9 Å². The first-order chi connectivity index (χ1) is 8.89. The highest BCUT2D eigenvalue weighted by molar-refractivity contribution is 7.91. The molecule has 0 aromatic heterocycles. The minimum atomic E-state index is -3.15. The highest BCUT2D eigenvalue weighted by Gasteiger charge is 2.32. The van der Waals surface area contributed by atoms with Gasteiger partial charge in [0.15, 0.2) is 0 Å². The summed E-state index contributed by atoms with van der Waals surface area (Å²) in [5, 5.41) is 19.7. The largest absolute Gasteiger partial charge is 0.395 e. The Labute approximate surface area is 119 Å². The Balaban J connectivity index is 3.04. The minimum absolute atomic E-state index is 0.0511. The Hall–Kier alpha value is -0.620. The maximum Gasteiger partial charge on any atom is 0.150 e. The average Bonchev–Trinajstić information content (AvgIpc) is 2.41. The SMILES string of the molecule is CCS(=O)(=O)CCC(CO)(CO)c1cccc(Cl)c1. The third kappa shape index (κ3) is 4.18. The molecule has 0 aliphatic carbocycles. The lowest BCUT2D eigenvalue weighted by atomic mass is 9.79. The summed E-state index contributed by atoms with van der Waals surface area (Å²) in [6.07, 6.45) is 0.163.